The van der Waals surface area contributed by atoms with E-state index in [1.54, 1.807) is 32.2 Å². The molecular formula is C16H19N3O3. The number of rotatable bonds is 4. The number of carbonyl (C=O) groups excluding carboxylic acids is 2. The number of hydrogen-bond acceptors (Lipinski definition) is 5. The molecular weight excluding hydrogens is 282 g/mol. The van der Waals surface area contributed by atoms with Crippen molar-refractivity contribution in [1.29, 1.82) is 0 Å². The monoisotopic (exact) mass is 301 g/mol. The maximum absolute atomic E-state index is 12.3. The van der Waals surface area contributed by atoms with Crippen molar-refractivity contribution in [2.45, 2.75) is 20.8 Å². The van der Waals surface area contributed by atoms with Crippen molar-refractivity contribution in [2.24, 2.45) is 0 Å². The number of esters is 1. The van der Waals surface area contributed by atoms with E-state index in [2.05, 4.69) is 9.97 Å². The van der Waals surface area contributed by atoms with Gasteiger partial charge in [0.1, 0.15) is 6.54 Å². The quantitative estimate of drug-likeness (QED) is 0.806. The number of amides is 1. The van der Waals surface area contributed by atoms with Gasteiger partial charge in [-0.25, -0.2) is 9.97 Å². The molecule has 2 aromatic rings. The van der Waals surface area contributed by atoms with Crippen molar-refractivity contribution in [3.05, 3.63) is 35.2 Å². The Kier molecular flexibility index (Phi) is 4.70. The van der Waals surface area contributed by atoms with Gasteiger partial charge >= 0.3 is 5.97 Å². The minimum absolute atomic E-state index is 0.0800. The van der Waals surface area contributed by atoms with Gasteiger partial charge in [-0.1, -0.05) is 0 Å². The predicted octanol–water partition coefficient (Wildman–Crippen LogP) is 1.88. The lowest BCUT2D eigenvalue weighted by atomic mass is 10.1. The van der Waals surface area contributed by atoms with Crippen LogP contribution in [-0.4, -0.2) is 46.9 Å². The molecule has 1 amide bonds. The van der Waals surface area contributed by atoms with Crippen LogP contribution in [0.3, 0.4) is 0 Å². The normalized spacial score (nSPS) is 10.5. The van der Waals surface area contributed by atoms with Crippen molar-refractivity contribution in [1.82, 2.24) is 14.9 Å². The fourth-order valence-corrected chi connectivity index (χ4v) is 2.06. The van der Waals surface area contributed by atoms with Gasteiger partial charge in [0, 0.05) is 12.6 Å². The maximum Gasteiger partial charge on any atom is 0.325 e. The number of nitrogens with zero attached hydrogens (tertiary/aromatic N) is 3. The molecule has 0 saturated carbocycles. The molecule has 1 aromatic carbocycles. The summed E-state index contributed by atoms with van der Waals surface area (Å²) in [7, 11) is 1.57. The van der Waals surface area contributed by atoms with Crippen LogP contribution in [0.15, 0.2) is 18.2 Å². The number of carbonyl (C=O) groups is 2. The Hall–Kier alpha value is -2.50. The average Bonchev–Trinajstić information content (AvgIpc) is 2.47. The third-order valence-corrected chi connectivity index (χ3v) is 3.34. The van der Waals surface area contributed by atoms with Crippen LogP contribution in [0.1, 0.15) is 28.7 Å². The third-order valence-electron chi connectivity index (χ3n) is 3.34. The van der Waals surface area contributed by atoms with Gasteiger partial charge in [-0.05, 0) is 39.0 Å². The van der Waals surface area contributed by atoms with Gasteiger partial charge in [0.05, 0.1) is 29.0 Å². The molecule has 2 rings (SSSR count). The fourth-order valence-electron chi connectivity index (χ4n) is 2.06. The van der Waals surface area contributed by atoms with E-state index in [1.807, 2.05) is 13.8 Å². The zero-order valence-electron chi connectivity index (χ0n) is 13.2. The zero-order valence-corrected chi connectivity index (χ0v) is 13.2. The maximum atomic E-state index is 12.3. The Morgan fingerprint density at radius 2 is 1.77 bits per heavy atom. The molecule has 0 spiro atoms. The fraction of sp³-hybridized carbons (Fsp3) is 0.375. The Labute approximate surface area is 129 Å². The Balaban J connectivity index is 2.24. The van der Waals surface area contributed by atoms with E-state index in [1.165, 1.54) is 4.90 Å². The molecule has 0 radical (unpaired) electrons. The van der Waals surface area contributed by atoms with Crippen molar-refractivity contribution in [3.8, 4) is 0 Å². The van der Waals surface area contributed by atoms with Gasteiger partial charge < -0.3 is 9.64 Å². The van der Waals surface area contributed by atoms with Crippen LogP contribution in [0.5, 0.6) is 0 Å². The molecule has 116 valence electrons. The highest BCUT2D eigenvalue weighted by atomic mass is 16.5. The van der Waals surface area contributed by atoms with Crippen molar-refractivity contribution < 1.29 is 14.3 Å². The Morgan fingerprint density at radius 3 is 2.41 bits per heavy atom. The molecule has 0 atom stereocenters. The number of hydrogen-bond donors (Lipinski definition) is 0. The summed E-state index contributed by atoms with van der Waals surface area (Å²) < 4.78 is 4.84. The van der Waals surface area contributed by atoms with Gasteiger partial charge in [-0.3, -0.25) is 9.59 Å². The van der Waals surface area contributed by atoms with Crippen LogP contribution in [-0.2, 0) is 9.53 Å². The lowest BCUT2D eigenvalue weighted by Crippen LogP contribution is -2.33. The summed E-state index contributed by atoms with van der Waals surface area (Å²) >= 11 is 0. The predicted molar refractivity (Wildman–Crippen MR) is 82.6 cm³/mol. The van der Waals surface area contributed by atoms with E-state index in [9.17, 15) is 9.59 Å². The molecule has 22 heavy (non-hydrogen) atoms. The Bertz CT molecular complexity index is 728. The molecule has 0 N–H and O–H groups in total. The van der Waals surface area contributed by atoms with Crippen LogP contribution < -0.4 is 0 Å². The summed E-state index contributed by atoms with van der Waals surface area (Å²) in [6.07, 6.45) is 0. The first kappa shape index (κ1) is 15.9. The molecule has 1 aromatic heterocycles. The number of fused-ring (bicyclic) bond motifs is 1. The highest BCUT2D eigenvalue weighted by Gasteiger charge is 2.16. The molecule has 0 unspecified atom stereocenters. The first-order valence-electron chi connectivity index (χ1n) is 7.08. The first-order chi connectivity index (χ1) is 10.4. The minimum Gasteiger partial charge on any atom is -0.465 e. The van der Waals surface area contributed by atoms with E-state index < -0.39 is 5.97 Å². The Morgan fingerprint density at radius 1 is 1.14 bits per heavy atom. The highest BCUT2D eigenvalue weighted by Crippen LogP contribution is 2.15. The van der Waals surface area contributed by atoms with Crippen molar-refractivity contribution in [3.63, 3.8) is 0 Å². The summed E-state index contributed by atoms with van der Waals surface area (Å²) in [6.45, 7) is 5.72. The van der Waals surface area contributed by atoms with Crippen LogP contribution in [0.2, 0.25) is 0 Å². The molecule has 6 nitrogen and oxygen atoms in total. The number of aryl methyl sites for hydroxylation is 2. The standard InChI is InChI=1S/C16H19N3O3/c1-5-22-15(20)9-19(4)16(21)12-6-7-13-14(8-12)18-11(3)10(2)17-13/h6-8H,5,9H2,1-4H3. The molecule has 0 aliphatic carbocycles. The van der Waals surface area contributed by atoms with Gasteiger partial charge in [-0.2, -0.15) is 0 Å². The van der Waals surface area contributed by atoms with Gasteiger partial charge in [0.25, 0.3) is 5.91 Å². The molecule has 0 saturated heterocycles. The second kappa shape index (κ2) is 6.51. The number of likely N-dealkylation sites (N-methyl/N-ethyl adjacent to an activating group) is 1. The minimum atomic E-state index is -0.426. The first-order valence-corrected chi connectivity index (χ1v) is 7.08. The lowest BCUT2D eigenvalue weighted by Gasteiger charge is -2.16. The van der Waals surface area contributed by atoms with Crippen LogP contribution in [0.4, 0.5) is 0 Å². The summed E-state index contributed by atoms with van der Waals surface area (Å²) in [5, 5.41) is 0. The van der Waals surface area contributed by atoms with Crippen LogP contribution in [0, 0.1) is 13.8 Å². The number of benzene rings is 1. The molecule has 1 heterocycles. The summed E-state index contributed by atoms with van der Waals surface area (Å²) in [6, 6.07) is 5.15. The lowest BCUT2D eigenvalue weighted by molar-refractivity contribution is -0.143. The van der Waals surface area contributed by atoms with Crippen LogP contribution >= 0.6 is 0 Å². The average molecular weight is 301 g/mol. The van der Waals surface area contributed by atoms with E-state index in [4.69, 9.17) is 4.74 Å². The number of aromatic nitrogens is 2. The van der Waals surface area contributed by atoms with Crippen molar-refractivity contribution in [2.75, 3.05) is 20.2 Å². The van der Waals surface area contributed by atoms with Crippen LogP contribution in [0.25, 0.3) is 11.0 Å². The van der Waals surface area contributed by atoms with E-state index in [-0.39, 0.29) is 12.5 Å². The highest BCUT2D eigenvalue weighted by molar-refractivity contribution is 5.98. The SMILES string of the molecule is CCOC(=O)CN(C)C(=O)c1ccc2nc(C)c(C)nc2c1. The van der Waals surface area contributed by atoms with Gasteiger partial charge in [0.2, 0.25) is 0 Å². The van der Waals surface area contributed by atoms with E-state index in [0.29, 0.717) is 17.7 Å². The molecule has 0 fully saturated rings. The zero-order chi connectivity index (χ0) is 16.3. The third kappa shape index (κ3) is 3.39. The molecule has 0 bridgehead atoms. The number of ether oxygens (including phenoxy) is 1. The van der Waals surface area contributed by atoms with Crippen molar-refractivity contribution >= 4 is 22.9 Å². The topological polar surface area (TPSA) is 72.4 Å². The van der Waals surface area contributed by atoms with E-state index in [0.717, 1.165) is 16.9 Å². The van der Waals surface area contributed by atoms with Gasteiger partial charge in [-0.15, -0.1) is 0 Å². The molecule has 0 aliphatic heterocycles. The molecule has 6 heteroatoms. The smallest absolute Gasteiger partial charge is 0.325 e. The summed E-state index contributed by atoms with van der Waals surface area (Å²) in [4.78, 5) is 34.0. The summed E-state index contributed by atoms with van der Waals surface area (Å²) in [5.74, 6) is -0.680. The summed E-state index contributed by atoms with van der Waals surface area (Å²) in [5.41, 5.74) is 3.58. The largest absolute Gasteiger partial charge is 0.465 e. The molecule has 0 aliphatic rings. The van der Waals surface area contributed by atoms with E-state index >= 15 is 0 Å². The second-order valence-electron chi connectivity index (χ2n) is 5.06. The second-order valence-corrected chi connectivity index (χ2v) is 5.06. The van der Waals surface area contributed by atoms with Gasteiger partial charge in [0.15, 0.2) is 0 Å².